The molecule has 6 aromatic carbocycles. The summed E-state index contributed by atoms with van der Waals surface area (Å²) in [4.78, 5) is 0. The fraction of sp³-hybridized carbons (Fsp3) is 0.152. The van der Waals surface area contributed by atoms with Crippen molar-refractivity contribution in [2.75, 3.05) is 0 Å². The molecule has 0 bridgehead atoms. The zero-order valence-electron chi connectivity index (χ0n) is 19.7. The summed E-state index contributed by atoms with van der Waals surface area (Å²) in [7, 11) is 0. The summed E-state index contributed by atoms with van der Waals surface area (Å²) in [5, 5.41) is 10.7. The highest BCUT2D eigenvalue weighted by molar-refractivity contribution is 6.18. The van der Waals surface area contributed by atoms with Crippen LogP contribution in [-0.2, 0) is 5.41 Å². The fourth-order valence-electron chi connectivity index (χ4n) is 5.85. The lowest BCUT2D eigenvalue weighted by molar-refractivity contribution is 0.646. The van der Waals surface area contributed by atoms with Crippen LogP contribution >= 0.6 is 0 Å². The van der Waals surface area contributed by atoms with E-state index >= 15 is 0 Å². The molecule has 7 rings (SSSR count). The van der Waals surface area contributed by atoms with Gasteiger partial charge in [0.15, 0.2) is 0 Å². The summed E-state index contributed by atoms with van der Waals surface area (Å²) in [6.07, 6.45) is 0. The van der Waals surface area contributed by atoms with Crippen LogP contribution in [0.3, 0.4) is 0 Å². The average molecular weight is 425 g/mol. The monoisotopic (exact) mass is 424 g/mol. The standard InChI is InChI=1S/C31H22.C2H6/c1-31(2)27-13-7-10-22-16-20-9-4-6-12-24(20)30(29(22)27)26-18-25-21(17-28(26)31)15-14-19-8-3-5-11-23(19)25;1-2/h3-18H,1-2H3;1-2H3. The molecule has 0 saturated heterocycles. The molecule has 0 amide bonds. The number of fused-ring (bicyclic) bond motifs is 7. The lowest BCUT2D eigenvalue weighted by atomic mass is 9.67. The maximum absolute atomic E-state index is 2.46. The van der Waals surface area contributed by atoms with E-state index in [9.17, 15) is 0 Å². The largest absolute Gasteiger partial charge is 0.0683 e. The second-order valence-electron chi connectivity index (χ2n) is 9.41. The van der Waals surface area contributed by atoms with Crippen LogP contribution in [0.2, 0.25) is 0 Å². The first kappa shape index (κ1) is 20.0. The van der Waals surface area contributed by atoms with Crippen molar-refractivity contribution in [3.05, 3.63) is 108 Å². The van der Waals surface area contributed by atoms with Gasteiger partial charge < -0.3 is 0 Å². The highest BCUT2D eigenvalue weighted by Crippen LogP contribution is 2.52. The van der Waals surface area contributed by atoms with Crippen molar-refractivity contribution in [3.8, 4) is 11.1 Å². The SMILES string of the molecule is CC.CC1(C)c2cc3ccc4ccccc4c3cc2-c2c3ccccc3cc3cccc1c23. The Bertz CT molecular complexity index is 1700. The summed E-state index contributed by atoms with van der Waals surface area (Å²) in [5.74, 6) is 0. The van der Waals surface area contributed by atoms with Crippen molar-refractivity contribution in [2.45, 2.75) is 33.1 Å². The van der Waals surface area contributed by atoms with Crippen molar-refractivity contribution >= 4 is 43.1 Å². The lowest BCUT2D eigenvalue weighted by Gasteiger charge is -2.36. The van der Waals surface area contributed by atoms with Crippen LogP contribution < -0.4 is 0 Å². The molecular weight excluding hydrogens is 396 g/mol. The number of benzene rings is 6. The molecule has 6 aromatic rings. The predicted octanol–water partition coefficient (Wildman–Crippen LogP) is 9.63. The first-order valence-corrected chi connectivity index (χ1v) is 12.0. The maximum atomic E-state index is 2.46. The number of hydrogen-bond acceptors (Lipinski definition) is 0. The molecule has 0 heterocycles. The summed E-state index contributed by atoms with van der Waals surface area (Å²) < 4.78 is 0. The van der Waals surface area contributed by atoms with Gasteiger partial charge in [-0.25, -0.2) is 0 Å². The quantitative estimate of drug-likeness (QED) is 0.168. The van der Waals surface area contributed by atoms with E-state index in [1.165, 1.54) is 65.3 Å². The number of rotatable bonds is 0. The molecule has 0 atom stereocenters. The van der Waals surface area contributed by atoms with Crippen LogP contribution in [0.4, 0.5) is 0 Å². The van der Waals surface area contributed by atoms with Crippen molar-refractivity contribution in [1.82, 2.24) is 0 Å². The molecule has 0 radical (unpaired) electrons. The van der Waals surface area contributed by atoms with Gasteiger partial charge in [0.1, 0.15) is 0 Å². The van der Waals surface area contributed by atoms with Crippen LogP contribution in [0.5, 0.6) is 0 Å². The second-order valence-corrected chi connectivity index (χ2v) is 9.41. The minimum Gasteiger partial charge on any atom is -0.0683 e. The van der Waals surface area contributed by atoms with Gasteiger partial charge in [-0.15, -0.1) is 0 Å². The first-order valence-electron chi connectivity index (χ1n) is 12.0. The summed E-state index contributed by atoms with van der Waals surface area (Å²) >= 11 is 0. The Kier molecular flexibility index (Phi) is 4.35. The van der Waals surface area contributed by atoms with Crippen molar-refractivity contribution < 1.29 is 0 Å². The second kappa shape index (κ2) is 7.18. The molecule has 0 fully saturated rings. The molecule has 160 valence electrons. The highest BCUT2D eigenvalue weighted by Gasteiger charge is 2.34. The predicted molar refractivity (Wildman–Crippen MR) is 145 cm³/mol. The van der Waals surface area contributed by atoms with Gasteiger partial charge in [-0.3, -0.25) is 0 Å². The smallest absolute Gasteiger partial charge is 0.0159 e. The average Bonchev–Trinajstić information content (AvgIpc) is 2.86. The van der Waals surface area contributed by atoms with Crippen LogP contribution in [0.1, 0.15) is 38.8 Å². The zero-order valence-corrected chi connectivity index (χ0v) is 19.7. The van der Waals surface area contributed by atoms with E-state index in [4.69, 9.17) is 0 Å². The Balaban J connectivity index is 0.00000101. The summed E-state index contributed by atoms with van der Waals surface area (Å²) in [5.41, 5.74) is 5.58. The van der Waals surface area contributed by atoms with E-state index in [2.05, 4.69) is 111 Å². The minimum absolute atomic E-state index is 0.0515. The van der Waals surface area contributed by atoms with Gasteiger partial charge >= 0.3 is 0 Å². The van der Waals surface area contributed by atoms with Gasteiger partial charge in [-0.05, 0) is 83.5 Å². The van der Waals surface area contributed by atoms with Crippen LogP contribution in [0, 0.1) is 0 Å². The Hall–Kier alpha value is -3.64. The fourth-order valence-corrected chi connectivity index (χ4v) is 5.85. The third-order valence-corrected chi connectivity index (χ3v) is 7.39. The van der Waals surface area contributed by atoms with Crippen LogP contribution in [0.15, 0.2) is 97.1 Å². The van der Waals surface area contributed by atoms with Gasteiger partial charge in [0.25, 0.3) is 0 Å². The molecule has 0 saturated carbocycles. The lowest BCUT2D eigenvalue weighted by Crippen LogP contribution is -2.23. The molecule has 0 spiro atoms. The molecule has 0 heteroatoms. The Morgan fingerprint density at radius 1 is 0.485 bits per heavy atom. The van der Waals surface area contributed by atoms with Crippen molar-refractivity contribution in [3.63, 3.8) is 0 Å². The Morgan fingerprint density at radius 3 is 1.94 bits per heavy atom. The van der Waals surface area contributed by atoms with Crippen molar-refractivity contribution in [1.29, 1.82) is 0 Å². The van der Waals surface area contributed by atoms with E-state index in [0.29, 0.717) is 0 Å². The molecule has 0 nitrogen and oxygen atoms in total. The third kappa shape index (κ3) is 2.70. The van der Waals surface area contributed by atoms with Gasteiger partial charge in [-0.2, -0.15) is 0 Å². The normalized spacial score (nSPS) is 13.7. The number of hydrogen-bond donors (Lipinski definition) is 0. The van der Waals surface area contributed by atoms with Crippen LogP contribution in [0.25, 0.3) is 54.2 Å². The highest BCUT2D eigenvalue weighted by atomic mass is 14.4. The molecule has 1 aliphatic carbocycles. The van der Waals surface area contributed by atoms with Gasteiger partial charge in [0.2, 0.25) is 0 Å². The van der Waals surface area contributed by atoms with Crippen molar-refractivity contribution in [2.24, 2.45) is 0 Å². The topological polar surface area (TPSA) is 0 Å². The van der Waals surface area contributed by atoms with E-state index in [-0.39, 0.29) is 5.41 Å². The van der Waals surface area contributed by atoms with Gasteiger partial charge in [0.05, 0.1) is 0 Å². The first-order chi connectivity index (χ1) is 16.1. The summed E-state index contributed by atoms with van der Waals surface area (Å²) in [6, 6.07) is 36.2. The van der Waals surface area contributed by atoms with E-state index in [1.807, 2.05) is 13.8 Å². The van der Waals surface area contributed by atoms with Gasteiger partial charge in [-0.1, -0.05) is 107 Å². The molecular formula is C33H28. The maximum Gasteiger partial charge on any atom is 0.0159 e. The van der Waals surface area contributed by atoms with E-state index in [1.54, 1.807) is 0 Å². The molecule has 0 unspecified atom stereocenters. The molecule has 0 aromatic heterocycles. The third-order valence-electron chi connectivity index (χ3n) is 7.39. The summed E-state index contributed by atoms with van der Waals surface area (Å²) in [6.45, 7) is 8.76. The molecule has 0 aliphatic heterocycles. The minimum atomic E-state index is -0.0515. The van der Waals surface area contributed by atoms with Gasteiger partial charge in [0, 0.05) is 5.41 Å². The molecule has 0 N–H and O–H groups in total. The van der Waals surface area contributed by atoms with E-state index in [0.717, 1.165) is 0 Å². The molecule has 1 aliphatic rings. The Labute approximate surface area is 195 Å². The molecule has 33 heavy (non-hydrogen) atoms. The zero-order chi connectivity index (χ0) is 22.7. The van der Waals surface area contributed by atoms with E-state index < -0.39 is 0 Å². The van der Waals surface area contributed by atoms with Crippen LogP contribution in [-0.4, -0.2) is 0 Å². The Morgan fingerprint density at radius 2 is 1.12 bits per heavy atom.